The van der Waals surface area contributed by atoms with Crippen molar-refractivity contribution in [1.82, 2.24) is 9.38 Å². The van der Waals surface area contributed by atoms with Gasteiger partial charge in [-0.15, -0.1) is 0 Å². The number of rotatable bonds is 2. The molecular weight excluding hydrogens is 288 g/mol. The molecule has 0 aliphatic rings. The second-order valence-corrected chi connectivity index (χ2v) is 4.57. The van der Waals surface area contributed by atoms with Crippen molar-refractivity contribution in [2.45, 2.75) is 13.8 Å². The quantitative estimate of drug-likeness (QED) is 0.631. The number of carbonyl (C=O) groups excluding carboxylic acids is 1. The molecule has 0 atom stereocenters. The van der Waals surface area contributed by atoms with Gasteiger partial charge in [-0.1, -0.05) is 6.07 Å². The van der Waals surface area contributed by atoms with Gasteiger partial charge >= 0.3 is 16.4 Å². The highest BCUT2D eigenvalue weighted by Crippen LogP contribution is 2.10. The first-order valence-electron chi connectivity index (χ1n) is 5.54. The number of nitrogens with zero attached hydrogens (tertiary/aromatic N) is 2. The zero-order chi connectivity index (χ0) is 15.3. The van der Waals surface area contributed by atoms with Crippen molar-refractivity contribution in [1.29, 1.82) is 0 Å². The molecule has 2 rings (SSSR count). The van der Waals surface area contributed by atoms with Crippen molar-refractivity contribution >= 4 is 22.0 Å². The summed E-state index contributed by atoms with van der Waals surface area (Å²) in [6.45, 7) is 4.09. The zero-order valence-electron chi connectivity index (χ0n) is 10.8. The smallest absolute Gasteiger partial charge is 0.394 e. The third-order valence-corrected chi connectivity index (χ3v) is 2.21. The molecule has 0 fully saturated rings. The second kappa shape index (κ2) is 6.46. The highest BCUT2D eigenvalue weighted by atomic mass is 32.3. The lowest BCUT2D eigenvalue weighted by molar-refractivity contribution is 0.0518. The van der Waals surface area contributed by atoms with Gasteiger partial charge in [-0.3, -0.25) is 13.5 Å². The predicted molar refractivity (Wildman–Crippen MR) is 70.1 cm³/mol. The van der Waals surface area contributed by atoms with Crippen LogP contribution in [-0.4, -0.2) is 39.5 Å². The Bertz CT molecular complexity index is 699. The van der Waals surface area contributed by atoms with Crippen molar-refractivity contribution in [2.75, 3.05) is 6.61 Å². The molecule has 2 aromatic heterocycles. The summed E-state index contributed by atoms with van der Waals surface area (Å²) >= 11 is 0. The number of hydrogen-bond donors (Lipinski definition) is 2. The number of imidazole rings is 1. The fourth-order valence-electron chi connectivity index (χ4n) is 1.55. The Balaban J connectivity index is 0.000000347. The van der Waals surface area contributed by atoms with Crippen LogP contribution in [0.25, 0.3) is 5.65 Å². The van der Waals surface area contributed by atoms with Gasteiger partial charge in [-0.2, -0.15) is 8.42 Å². The summed E-state index contributed by atoms with van der Waals surface area (Å²) in [5.41, 5.74) is 2.20. The third kappa shape index (κ3) is 4.61. The molecule has 20 heavy (non-hydrogen) atoms. The third-order valence-electron chi connectivity index (χ3n) is 2.21. The number of pyridine rings is 1. The van der Waals surface area contributed by atoms with Crippen molar-refractivity contribution in [3.63, 3.8) is 0 Å². The van der Waals surface area contributed by atoms with E-state index in [1.54, 1.807) is 17.5 Å². The van der Waals surface area contributed by atoms with E-state index in [9.17, 15) is 4.79 Å². The van der Waals surface area contributed by atoms with E-state index >= 15 is 0 Å². The van der Waals surface area contributed by atoms with E-state index in [0.717, 1.165) is 11.3 Å². The van der Waals surface area contributed by atoms with Crippen LogP contribution in [0.4, 0.5) is 0 Å². The molecule has 0 aliphatic heterocycles. The minimum Gasteiger partial charge on any atom is -0.461 e. The SMILES string of the molecule is CCOC(=O)c1cnc2cccc(C)n12.O=S(=O)(O)O. The predicted octanol–water partition coefficient (Wildman–Crippen LogP) is 1.17. The summed E-state index contributed by atoms with van der Waals surface area (Å²) in [7, 11) is -4.67. The van der Waals surface area contributed by atoms with Gasteiger partial charge < -0.3 is 4.74 Å². The second-order valence-electron chi connectivity index (χ2n) is 3.67. The molecule has 0 aliphatic carbocycles. The van der Waals surface area contributed by atoms with Gasteiger partial charge in [-0.25, -0.2) is 9.78 Å². The Labute approximate surface area is 115 Å². The van der Waals surface area contributed by atoms with Crippen LogP contribution in [0.2, 0.25) is 0 Å². The number of ether oxygens (including phenoxy) is 1. The summed E-state index contributed by atoms with van der Waals surface area (Å²) in [6, 6.07) is 5.69. The first-order chi connectivity index (χ1) is 9.24. The lowest BCUT2D eigenvalue weighted by atomic mass is 10.3. The van der Waals surface area contributed by atoms with Gasteiger partial charge in [-0.05, 0) is 26.0 Å². The number of aromatic nitrogens is 2. The highest BCUT2D eigenvalue weighted by molar-refractivity contribution is 7.79. The lowest BCUT2D eigenvalue weighted by Gasteiger charge is -2.04. The molecule has 0 unspecified atom stereocenters. The Kier molecular flexibility index (Phi) is 5.19. The monoisotopic (exact) mass is 302 g/mol. The molecule has 9 heteroatoms. The zero-order valence-corrected chi connectivity index (χ0v) is 11.7. The number of aryl methyl sites for hydroxylation is 1. The van der Waals surface area contributed by atoms with E-state index in [0.29, 0.717) is 12.3 Å². The van der Waals surface area contributed by atoms with E-state index in [4.69, 9.17) is 22.3 Å². The molecule has 2 aromatic rings. The fraction of sp³-hybridized carbons (Fsp3) is 0.273. The first kappa shape index (κ1) is 16.1. The Morgan fingerprint density at radius 2 is 2.00 bits per heavy atom. The first-order valence-corrected chi connectivity index (χ1v) is 6.93. The maximum absolute atomic E-state index is 11.6. The largest absolute Gasteiger partial charge is 0.461 e. The summed E-state index contributed by atoms with van der Waals surface area (Å²) < 4.78 is 38.3. The minimum absolute atomic E-state index is 0.334. The van der Waals surface area contributed by atoms with Crippen LogP contribution in [0.3, 0.4) is 0 Å². The topological polar surface area (TPSA) is 118 Å². The molecule has 110 valence electrons. The van der Waals surface area contributed by atoms with Gasteiger partial charge in [0.15, 0.2) is 5.69 Å². The average molecular weight is 302 g/mol. The fourth-order valence-corrected chi connectivity index (χ4v) is 1.55. The summed E-state index contributed by atoms with van der Waals surface area (Å²) in [5.74, 6) is -0.334. The molecule has 0 aromatic carbocycles. The minimum atomic E-state index is -4.67. The summed E-state index contributed by atoms with van der Waals surface area (Å²) in [5, 5.41) is 0. The number of esters is 1. The van der Waals surface area contributed by atoms with Crippen LogP contribution in [0.1, 0.15) is 23.1 Å². The Hall–Kier alpha value is -1.97. The lowest BCUT2D eigenvalue weighted by Crippen LogP contribution is -2.09. The molecule has 0 bridgehead atoms. The van der Waals surface area contributed by atoms with Gasteiger partial charge in [0.2, 0.25) is 0 Å². The van der Waals surface area contributed by atoms with Crippen LogP contribution in [0.5, 0.6) is 0 Å². The van der Waals surface area contributed by atoms with Crippen LogP contribution in [0, 0.1) is 6.92 Å². The number of hydrogen-bond acceptors (Lipinski definition) is 5. The van der Waals surface area contributed by atoms with Crippen molar-refractivity contribution in [3.05, 3.63) is 35.8 Å². The van der Waals surface area contributed by atoms with E-state index in [1.807, 2.05) is 25.1 Å². The van der Waals surface area contributed by atoms with Crippen LogP contribution >= 0.6 is 0 Å². The van der Waals surface area contributed by atoms with Crippen LogP contribution in [0.15, 0.2) is 24.4 Å². The number of fused-ring (bicyclic) bond motifs is 1. The molecule has 0 radical (unpaired) electrons. The highest BCUT2D eigenvalue weighted by Gasteiger charge is 2.13. The van der Waals surface area contributed by atoms with Crippen LogP contribution < -0.4 is 0 Å². The standard InChI is InChI=1S/C11H12N2O2.H2O4S/c1-3-15-11(14)9-7-12-10-6-4-5-8(2)13(9)10;1-5(2,3)4/h4-7H,3H2,1-2H3;(H2,1,2,3,4). The summed E-state index contributed by atoms with van der Waals surface area (Å²) in [4.78, 5) is 15.7. The maximum atomic E-state index is 11.6. The average Bonchev–Trinajstić information content (AvgIpc) is 2.72. The normalized spacial score (nSPS) is 10.8. The maximum Gasteiger partial charge on any atom is 0.394 e. The summed E-state index contributed by atoms with van der Waals surface area (Å²) in [6.07, 6.45) is 1.54. The van der Waals surface area contributed by atoms with Gasteiger partial charge in [0.25, 0.3) is 0 Å². The van der Waals surface area contributed by atoms with Gasteiger partial charge in [0.1, 0.15) is 5.65 Å². The molecule has 0 amide bonds. The van der Waals surface area contributed by atoms with E-state index in [1.165, 1.54) is 0 Å². The van der Waals surface area contributed by atoms with Crippen molar-refractivity contribution < 1.29 is 27.1 Å². The molecule has 0 spiro atoms. The Morgan fingerprint density at radius 3 is 2.55 bits per heavy atom. The Morgan fingerprint density at radius 1 is 1.40 bits per heavy atom. The van der Waals surface area contributed by atoms with Crippen molar-refractivity contribution in [2.24, 2.45) is 0 Å². The number of carbonyl (C=O) groups is 1. The molecule has 2 heterocycles. The van der Waals surface area contributed by atoms with Crippen molar-refractivity contribution in [3.8, 4) is 0 Å². The molecule has 8 nitrogen and oxygen atoms in total. The van der Waals surface area contributed by atoms with Gasteiger partial charge in [0, 0.05) is 5.69 Å². The van der Waals surface area contributed by atoms with E-state index in [-0.39, 0.29) is 5.97 Å². The molecular formula is C11H14N2O6S. The van der Waals surface area contributed by atoms with E-state index in [2.05, 4.69) is 4.98 Å². The van der Waals surface area contributed by atoms with Gasteiger partial charge in [0.05, 0.1) is 12.8 Å². The van der Waals surface area contributed by atoms with Crippen LogP contribution in [-0.2, 0) is 15.1 Å². The van der Waals surface area contributed by atoms with E-state index < -0.39 is 10.4 Å². The molecule has 2 N–H and O–H groups in total. The molecule has 0 saturated carbocycles. The molecule has 0 saturated heterocycles.